The molecule has 0 heterocycles. The summed E-state index contributed by atoms with van der Waals surface area (Å²) in [5, 5.41) is -0.301. The molecule has 0 spiro atoms. The van der Waals surface area contributed by atoms with Crippen molar-refractivity contribution >= 4 is 10.0 Å². The van der Waals surface area contributed by atoms with Gasteiger partial charge in [0.15, 0.2) is 0 Å². The molecular weight excluding hydrogens is 234 g/mol. The van der Waals surface area contributed by atoms with Crippen LogP contribution in [0.4, 0.5) is 0 Å². The van der Waals surface area contributed by atoms with Crippen LogP contribution in [-0.2, 0) is 10.0 Å². The van der Waals surface area contributed by atoms with Crippen molar-refractivity contribution in [1.82, 2.24) is 4.31 Å². The van der Waals surface area contributed by atoms with Crippen LogP contribution < -0.4 is 0 Å². The lowest BCUT2D eigenvalue weighted by Gasteiger charge is -2.30. The first-order valence-electron chi connectivity index (χ1n) is 6.79. The zero-order valence-electron chi connectivity index (χ0n) is 11.8. The molecule has 1 atom stereocenters. The van der Waals surface area contributed by atoms with Crippen LogP contribution in [0.25, 0.3) is 0 Å². The Morgan fingerprint density at radius 2 is 1.59 bits per heavy atom. The Bertz CT molecular complexity index is 331. The molecule has 0 bridgehead atoms. The Kier molecular flexibility index (Phi) is 5.02. The van der Waals surface area contributed by atoms with Crippen molar-refractivity contribution in [3.8, 4) is 0 Å². The number of hydrogen-bond donors (Lipinski definition) is 0. The van der Waals surface area contributed by atoms with E-state index >= 15 is 0 Å². The van der Waals surface area contributed by atoms with Crippen molar-refractivity contribution < 1.29 is 8.42 Å². The average Bonchev–Trinajstić information content (AvgIpc) is 2.98. The fourth-order valence-corrected chi connectivity index (χ4v) is 3.81. The normalized spacial score (nSPS) is 19.3. The van der Waals surface area contributed by atoms with E-state index in [-0.39, 0.29) is 17.3 Å². The van der Waals surface area contributed by atoms with E-state index in [1.807, 2.05) is 0 Å². The maximum atomic E-state index is 12.3. The second-order valence-electron chi connectivity index (χ2n) is 5.98. The summed E-state index contributed by atoms with van der Waals surface area (Å²) >= 11 is 0. The summed E-state index contributed by atoms with van der Waals surface area (Å²) in [6, 6.07) is 0.432. The van der Waals surface area contributed by atoms with Gasteiger partial charge in [0.1, 0.15) is 0 Å². The summed E-state index contributed by atoms with van der Waals surface area (Å²) in [7, 11) is -3.09. The predicted octanol–water partition coefficient (Wildman–Crippen LogP) is 3.01. The van der Waals surface area contributed by atoms with Crippen LogP contribution in [0.2, 0.25) is 0 Å². The highest BCUT2D eigenvalue weighted by atomic mass is 32.2. The van der Waals surface area contributed by atoms with Gasteiger partial charge in [-0.25, -0.2) is 8.42 Å². The Labute approximate surface area is 107 Å². The van der Waals surface area contributed by atoms with Crippen LogP contribution in [0.5, 0.6) is 0 Å². The van der Waals surface area contributed by atoms with Gasteiger partial charge in [0.2, 0.25) is 10.0 Å². The molecule has 1 fully saturated rings. The second-order valence-corrected chi connectivity index (χ2v) is 8.37. The van der Waals surface area contributed by atoms with Gasteiger partial charge in [-0.2, -0.15) is 4.31 Å². The van der Waals surface area contributed by atoms with E-state index in [0.717, 1.165) is 25.7 Å². The molecule has 0 aromatic heterocycles. The summed E-state index contributed by atoms with van der Waals surface area (Å²) < 4.78 is 26.4. The molecule has 1 rings (SSSR count). The molecule has 1 aliphatic carbocycles. The van der Waals surface area contributed by atoms with Gasteiger partial charge < -0.3 is 0 Å². The Balaban J connectivity index is 2.72. The van der Waals surface area contributed by atoms with Crippen LogP contribution >= 0.6 is 0 Å². The maximum Gasteiger partial charge on any atom is 0.216 e. The van der Waals surface area contributed by atoms with E-state index in [2.05, 4.69) is 20.8 Å². The molecule has 4 heteroatoms. The molecule has 0 aliphatic heterocycles. The van der Waals surface area contributed by atoms with E-state index in [9.17, 15) is 8.42 Å². The van der Waals surface area contributed by atoms with Crippen LogP contribution in [0.1, 0.15) is 60.3 Å². The lowest BCUT2D eigenvalue weighted by atomic mass is 10.0. The number of rotatable bonds is 7. The monoisotopic (exact) mass is 261 g/mol. The molecular formula is C13H27NO2S. The summed E-state index contributed by atoms with van der Waals surface area (Å²) in [5.74, 6) is 0.639. The van der Waals surface area contributed by atoms with E-state index in [1.54, 1.807) is 18.2 Å². The summed E-state index contributed by atoms with van der Waals surface area (Å²) in [5.41, 5.74) is 0. The molecule has 0 aromatic carbocycles. The molecule has 3 nitrogen and oxygen atoms in total. The van der Waals surface area contributed by atoms with Crippen molar-refractivity contribution in [3.63, 3.8) is 0 Å². The first-order valence-corrected chi connectivity index (χ1v) is 8.29. The molecule has 0 saturated heterocycles. The zero-order valence-corrected chi connectivity index (χ0v) is 12.6. The molecule has 0 N–H and O–H groups in total. The first-order chi connectivity index (χ1) is 7.76. The molecule has 0 amide bonds. The van der Waals surface area contributed by atoms with E-state index in [4.69, 9.17) is 0 Å². The molecule has 102 valence electrons. The van der Waals surface area contributed by atoms with Gasteiger partial charge in [0, 0.05) is 12.1 Å². The number of sulfonamides is 1. The van der Waals surface area contributed by atoms with Gasteiger partial charge >= 0.3 is 0 Å². The summed E-state index contributed by atoms with van der Waals surface area (Å²) in [6.45, 7) is 9.98. The van der Waals surface area contributed by atoms with E-state index in [0.29, 0.717) is 5.92 Å². The standard InChI is InChI=1S/C13H27NO2S/c1-10(2)6-7-12(5)14(13-8-9-13)17(15,16)11(3)4/h10-13H,6-9H2,1-5H3/t12-/m0/s1. The lowest BCUT2D eigenvalue weighted by molar-refractivity contribution is 0.296. The van der Waals surface area contributed by atoms with Crippen molar-refractivity contribution in [1.29, 1.82) is 0 Å². The van der Waals surface area contributed by atoms with Crippen LogP contribution in [-0.4, -0.2) is 30.1 Å². The largest absolute Gasteiger partial charge is 0.216 e. The molecule has 0 radical (unpaired) electrons. The van der Waals surface area contributed by atoms with Crippen molar-refractivity contribution in [2.45, 2.75) is 77.6 Å². The van der Waals surface area contributed by atoms with Crippen molar-refractivity contribution in [2.75, 3.05) is 0 Å². The van der Waals surface area contributed by atoms with Crippen molar-refractivity contribution in [2.24, 2.45) is 5.92 Å². The number of hydrogen-bond acceptors (Lipinski definition) is 2. The third-order valence-electron chi connectivity index (χ3n) is 3.39. The SMILES string of the molecule is CC(C)CC[C@H](C)N(C1CC1)S(=O)(=O)C(C)C. The lowest BCUT2D eigenvalue weighted by Crippen LogP contribution is -2.44. The maximum absolute atomic E-state index is 12.3. The Morgan fingerprint density at radius 3 is 1.94 bits per heavy atom. The fraction of sp³-hybridized carbons (Fsp3) is 1.00. The van der Waals surface area contributed by atoms with E-state index in [1.165, 1.54) is 0 Å². The van der Waals surface area contributed by atoms with Gasteiger partial charge in [0.05, 0.1) is 5.25 Å². The van der Waals surface area contributed by atoms with Crippen LogP contribution in [0.15, 0.2) is 0 Å². The Morgan fingerprint density at radius 1 is 1.06 bits per heavy atom. The minimum atomic E-state index is -3.09. The molecule has 1 saturated carbocycles. The van der Waals surface area contributed by atoms with Gasteiger partial charge in [-0.3, -0.25) is 0 Å². The molecule has 1 aliphatic rings. The van der Waals surface area contributed by atoms with Gasteiger partial charge in [-0.1, -0.05) is 13.8 Å². The number of nitrogens with zero attached hydrogens (tertiary/aromatic N) is 1. The predicted molar refractivity (Wildman–Crippen MR) is 72.5 cm³/mol. The van der Waals surface area contributed by atoms with Gasteiger partial charge in [-0.15, -0.1) is 0 Å². The highest BCUT2D eigenvalue weighted by Crippen LogP contribution is 2.34. The smallest absolute Gasteiger partial charge is 0.212 e. The molecule has 0 aromatic rings. The van der Waals surface area contributed by atoms with Gasteiger partial charge in [-0.05, 0) is 52.4 Å². The van der Waals surface area contributed by atoms with Crippen LogP contribution in [0.3, 0.4) is 0 Å². The minimum Gasteiger partial charge on any atom is -0.212 e. The first kappa shape index (κ1) is 15.0. The quantitative estimate of drug-likeness (QED) is 0.706. The zero-order chi connectivity index (χ0) is 13.2. The second kappa shape index (κ2) is 5.70. The average molecular weight is 261 g/mol. The summed E-state index contributed by atoms with van der Waals surface area (Å²) in [4.78, 5) is 0. The van der Waals surface area contributed by atoms with E-state index < -0.39 is 10.0 Å². The highest BCUT2D eigenvalue weighted by Gasteiger charge is 2.41. The Hall–Kier alpha value is -0.0900. The topological polar surface area (TPSA) is 37.4 Å². The van der Waals surface area contributed by atoms with Crippen LogP contribution in [0, 0.1) is 5.92 Å². The van der Waals surface area contributed by atoms with Crippen molar-refractivity contribution in [3.05, 3.63) is 0 Å². The molecule has 0 unspecified atom stereocenters. The molecule has 17 heavy (non-hydrogen) atoms. The third-order valence-corrected chi connectivity index (χ3v) is 5.83. The third kappa shape index (κ3) is 3.95. The minimum absolute atomic E-state index is 0.150. The summed E-state index contributed by atoms with van der Waals surface area (Å²) in [6.07, 6.45) is 4.15. The van der Waals surface area contributed by atoms with Gasteiger partial charge in [0.25, 0.3) is 0 Å². The fourth-order valence-electron chi connectivity index (χ4n) is 2.09. The highest BCUT2D eigenvalue weighted by molar-refractivity contribution is 7.89.